The summed E-state index contributed by atoms with van der Waals surface area (Å²) in [5, 5.41) is 4.69. The first-order chi connectivity index (χ1) is 12.5. The molecule has 1 heterocycles. The first-order valence-electron chi connectivity index (χ1n) is 8.67. The molecule has 136 valence electrons. The number of halogens is 1. The standard InChI is InChI=1S/C21H24FN3O/c1-15(2)24(3)13-16-14-25(17-8-6-5-7-9-17)23-21(16)19-11-10-18(26-4)12-20(19)22/h5-12,14-15H,13H2,1-4H3. The second-order valence-electron chi connectivity index (χ2n) is 6.64. The number of rotatable bonds is 6. The minimum absolute atomic E-state index is 0.337. The molecule has 0 radical (unpaired) electrons. The molecule has 0 amide bonds. The second kappa shape index (κ2) is 7.70. The maximum absolute atomic E-state index is 14.7. The van der Waals surface area contributed by atoms with Crippen molar-refractivity contribution in [2.24, 2.45) is 0 Å². The van der Waals surface area contributed by atoms with Crippen LogP contribution in [-0.2, 0) is 6.54 Å². The Balaban J connectivity index is 2.08. The maximum Gasteiger partial charge on any atom is 0.136 e. The molecule has 3 rings (SSSR count). The predicted molar refractivity (Wildman–Crippen MR) is 102 cm³/mol. The van der Waals surface area contributed by atoms with Gasteiger partial charge < -0.3 is 4.74 Å². The molecule has 0 atom stereocenters. The number of methoxy groups -OCH3 is 1. The molecule has 0 aliphatic heterocycles. The van der Waals surface area contributed by atoms with Crippen LogP contribution >= 0.6 is 0 Å². The van der Waals surface area contributed by atoms with E-state index in [0.717, 1.165) is 11.3 Å². The van der Waals surface area contributed by atoms with Crippen molar-refractivity contribution in [2.45, 2.75) is 26.4 Å². The zero-order chi connectivity index (χ0) is 18.7. The van der Waals surface area contributed by atoms with Gasteiger partial charge in [0.25, 0.3) is 0 Å². The number of hydrogen-bond donors (Lipinski definition) is 0. The zero-order valence-corrected chi connectivity index (χ0v) is 15.6. The quantitative estimate of drug-likeness (QED) is 0.652. The number of benzene rings is 2. The van der Waals surface area contributed by atoms with Crippen molar-refractivity contribution in [1.29, 1.82) is 0 Å². The van der Waals surface area contributed by atoms with Crippen molar-refractivity contribution in [1.82, 2.24) is 14.7 Å². The van der Waals surface area contributed by atoms with Gasteiger partial charge in [0.2, 0.25) is 0 Å². The van der Waals surface area contributed by atoms with Gasteiger partial charge in [-0.3, -0.25) is 4.90 Å². The molecule has 3 aromatic rings. The van der Waals surface area contributed by atoms with Crippen molar-refractivity contribution in [3.05, 3.63) is 66.1 Å². The van der Waals surface area contributed by atoms with Crippen molar-refractivity contribution in [2.75, 3.05) is 14.2 Å². The molecule has 0 unspecified atom stereocenters. The molecule has 0 saturated heterocycles. The summed E-state index contributed by atoms with van der Waals surface area (Å²) in [6, 6.07) is 15.1. The van der Waals surface area contributed by atoms with Crippen LogP contribution < -0.4 is 4.74 Å². The minimum Gasteiger partial charge on any atom is -0.497 e. The number of hydrogen-bond acceptors (Lipinski definition) is 3. The van der Waals surface area contributed by atoms with Crippen LogP contribution in [0.1, 0.15) is 19.4 Å². The van der Waals surface area contributed by atoms with Crippen LogP contribution in [0.2, 0.25) is 0 Å². The summed E-state index contributed by atoms with van der Waals surface area (Å²) in [5.41, 5.74) is 3.06. The summed E-state index contributed by atoms with van der Waals surface area (Å²) in [4.78, 5) is 2.21. The monoisotopic (exact) mass is 353 g/mol. The zero-order valence-electron chi connectivity index (χ0n) is 15.6. The molecule has 2 aromatic carbocycles. The van der Waals surface area contributed by atoms with E-state index in [1.165, 1.54) is 13.2 Å². The van der Waals surface area contributed by atoms with Gasteiger partial charge in [-0.05, 0) is 45.2 Å². The molecule has 0 saturated carbocycles. The van der Waals surface area contributed by atoms with Gasteiger partial charge in [0.05, 0.1) is 12.8 Å². The number of nitrogens with zero attached hydrogens (tertiary/aromatic N) is 3. The van der Waals surface area contributed by atoms with Gasteiger partial charge >= 0.3 is 0 Å². The van der Waals surface area contributed by atoms with Crippen LogP contribution in [0, 0.1) is 5.82 Å². The van der Waals surface area contributed by atoms with E-state index >= 15 is 0 Å². The fourth-order valence-corrected chi connectivity index (χ4v) is 2.73. The van der Waals surface area contributed by atoms with Gasteiger partial charge in [-0.2, -0.15) is 5.10 Å². The normalized spacial score (nSPS) is 11.3. The Kier molecular flexibility index (Phi) is 5.38. The molecule has 26 heavy (non-hydrogen) atoms. The van der Waals surface area contributed by atoms with Crippen molar-refractivity contribution in [3.63, 3.8) is 0 Å². The van der Waals surface area contributed by atoms with E-state index in [4.69, 9.17) is 4.74 Å². The van der Waals surface area contributed by atoms with E-state index in [9.17, 15) is 4.39 Å². The van der Waals surface area contributed by atoms with Gasteiger partial charge in [0.15, 0.2) is 0 Å². The molecule has 0 N–H and O–H groups in total. The highest BCUT2D eigenvalue weighted by Crippen LogP contribution is 2.29. The molecular weight excluding hydrogens is 329 g/mol. The minimum atomic E-state index is -0.337. The Morgan fingerprint density at radius 1 is 1.15 bits per heavy atom. The van der Waals surface area contributed by atoms with Crippen molar-refractivity contribution < 1.29 is 9.13 Å². The summed E-state index contributed by atoms with van der Waals surface area (Å²) in [6.45, 7) is 4.95. The Hall–Kier alpha value is -2.66. The third-order valence-electron chi connectivity index (χ3n) is 4.54. The van der Waals surface area contributed by atoms with Gasteiger partial charge in [-0.1, -0.05) is 18.2 Å². The Morgan fingerprint density at radius 3 is 2.50 bits per heavy atom. The number of para-hydroxylation sites is 1. The first kappa shape index (κ1) is 18.1. The average Bonchev–Trinajstić information content (AvgIpc) is 3.05. The average molecular weight is 353 g/mol. The molecule has 5 heteroatoms. The van der Waals surface area contributed by atoms with Crippen molar-refractivity contribution in [3.8, 4) is 22.7 Å². The predicted octanol–water partition coefficient (Wildman–Crippen LogP) is 4.53. The first-order valence-corrected chi connectivity index (χ1v) is 8.67. The molecule has 0 fully saturated rings. The highest BCUT2D eigenvalue weighted by molar-refractivity contribution is 5.65. The van der Waals surface area contributed by atoms with Crippen LogP contribution in [0.4, 0.5) is 4.39 Å². The highest BCUT2D eigenvalue weighted by Gasteiger charge is 2.18. The summed E-state index contributed by atoms with van der Waals surface area (Å²) in [7, 11) is 3.58. The lowest BCUT2D eigenvalue weighted by Crippen LogP contribution is -2.25. The number of ether oxygens (including phenoxy) is 1. The summed E-state index contributed by atoms with van der Waals surface area (Å²) in [5.74, 6) is 0.158. The third kappa shape index (κ3) is 3.78. The third-order valence-corrected chi connectivity index (χ3v) is 4.54. The Morgan fingerprint density at radius 2 is 1.88 bits per heavy atom. The molecule has 0 bridgehead atoms. The fourth-order valence-electron chi connectivity index (χ4n) is 2.73. The van der Waals surface area contributed by atoms with Gasteiger partial charge in [-0.15, -0.1) is 0 Å². The van der Waals surface area contributed by atoms with E-state index in [1.807, 2.05) is 41.2 Å². The van der Waals surface area contributed by atoms with E-state index in [-0.39, 0.29) is 5.82 Å². The van der Waals surface area contributed by atoms with Crippen LogP contribution in [-0.4, -0.2) is 34.9 Å². The van der Waals surface area contributed by atoms with E-state index in [1.54, 1.807) is 12.1 Å². The highest BCUT2D eigenvalue weighted by atomic mass is 19.1. The Bertz CT molecular complexity index is 874. The van der Waals surface area contributed by atoms with Crippen LogP contribution in [0.5, 0.6) is 5.75 Å². The van der Waals surface area contributed by atoms with Crippen molar-refractivity contribution >= 4 is 0 Å². The van der Waals surface area contributed by atoms with E-state index < -0.39 is 0 Å². The molecule has 4 nitrogen and oxygen atoms in total. The number of aromatic nitrogens is 2. The topological polar surface area (TPSA) is 30.3 Å². The molecule has 0 spiro atoms. The van der Waals surface area contributed by atoms with E-state index in [0.29, 0.717) is 29.6 Å². The molecule has 0 aliphatic carbocycles. The molecular formula is C21H24FN3O. The lowest BCUT2D eigenvalue weighted by Gasteiger charge is -2.20. The smallest absolute Gasteiger partial charge is 0.136 e. The largest absolute Gasteiger partial charge is 0.497 e. The lowest BCUT2D eigenvalue weighted by atomic mass is 10.1. The summed E-state index contributed by atoms with van der Waals surface area (Å²) < 4.78 is 21.6. The van der Waals surface area contributed by atoms with Gasteiger partial charge in [-0.25, -0.2) is 9.07 Å². The van der Waals surface area contributed by atoms with Gasteiger partial charge in [0, 0.05) is 36.0 Å². The molecule has 1 aromatic heterocycles. The summed E-state index contributed by atoms with van der Waals surface area (Å²) >= 11 is 0. The molecule has 0 aliphatic rings. The summed E-state index contributed by atoms with van der Waals surface area (Å²) in [6.07, 6.45) is 1.98. The van der Waals surface area contributed by atoms with Gasteiger partial charge in [0.1, 0.15) is 17.3 Å². The SMILES string of the molecule is COc1ccc(-c2nn(-c3ccccc3)cc2CN(C)C(C)C)c(F)c1. The Labute approximate surface area is 153 Å². The van der Waals surface area contributed by atoms with Crippen LogP contribution in [0.15, 0.2) is 54.7 Å². The second-order valence-corrected chi connectivity index (χ2v) is 6.64. The van der Waals surface area contributed by atoms with E-state index in [2.05, 4.69) is 30.9 Å². The van der Waals surface area contributed by atoms with Crippen LogP contribution in [0.3, 0.4) is 0 Å². The maximum atomic E-state index is 14.7. The van der Waals surface area contributed by atoms with Crippen LogP contribution in [0.25, 0.3) is 16.9 Å². The fraction of sp³-hybridized carbons (Fsp3) is 0.286. The lowest BCUT2D eigenvalue weighted by molar-refractivity contribution is 0.266.